The van der Waals surface area contributed by atoms with Gasteiger partial charge in [0.05, 0.1) is 26.4 Å². The second-order valence-corrected chi connectivity index (χ2v) is 32.8. The van der Waals surface area contributed by atoms with Crippen LogP contribution in [0.4, 0.5) is 0 Å². The van der Waals surface area contributed by atoms with Gasteiger partial charge < -0.3 is 33.8 Å². The van der Waals surface area contributed by atoms with Crippen molar-refractivity contribution in [2.24, 2.45) is 0 Å². The fourth-order valence-electron chi connectivity index (χ4n) is 13.0. The fourth-order valence-corrected chi connectivity index (χ4v) is 14.6. The molecule has 0 fully saturated rings. The van der Waals surface area contributed by atoms with Gasteiger partial charge in [0.2, 0.25) is 0 Å². The lowest BCUT2D eigenvalue weighted by molar-refractivity contribution is -0.161. The van der Waals surface area contributed by atoms with Crippen molar-refractivity contribution in [2.75, 3.05) is 39.6 Å². The van der Waals surface area contributed by atoms with E-state index < -0.39 is 97.5 Å². The van der Waals surface area contributed by atoms with Gasteiger partial charge in [-0.25, -0.2) is 9.13 Å². The number of unbranched alkanes of at least 4 members (excludes halogenated alkanes) is 58. The van der Waals surface area contributed by atoms with Crippen molar-refractivity contribution >= 4 is 39.5 Å². The van der Waals surface area contributed by atoms with E-state index >= 15 is 0 Å². The summed E-state index contributed by atoms with van der Waals surface area (Å²) in [6.45, 7) is 5.01. The minimum Gasteiger partial charge on any atom is -0.462 e. The summed E-state index contributed by atoms with van der Waals surface area (Å²) in [5, 5.41) is 10.6. The van der Waals surface area contributed by atoms with E-state index in [1.165, 1.54) is 283 Å². The maximum atomic E-state index is 13.1. The van der Waals surface area contributed by atoms with Crippen molar-refractivity contribution in [1.82, 2.24) is 0 Å². The number of hydrogen-bond acceptors (Lipinski definition) is 15. The molecule has 0 amide bonds. The number of esters is 4. The van der Waals surface area contributed by atoms with Crippen molar-refractivity contribution in [3.63, 3.8) is 0 Å². The van der Waals surface area contributed by atoms with E-state index in [4.69, 9.17) is 37.0 Å². The van der Waals surface area contributed by atoms with Crippen LogP contribution in [-0.4, -0.2) is 96.7 Å². The summed E-state index contributed by atoms with van der Waals surface area (Å²) in [6.07, 6.45) is 71.0. The molecule has 0 aliphatic carbocycles. The molecule has 0 bridgehead atoms. The first-order chi connectivity index (χ1) is 49.7. The van der Waals surface area contributed by atoms with Gasteiger partial charge in [-0.1, -0.05) is 400 Å². The summed E-state index contributed by atoms with van der Waals surface area (Å²) in [6, 6.07) is 0. The molecule has 0 aliphatic heterocycles. The minimum absolute atomic E-state index is 0.107. The van der Waals surface area contributed by atoms with Crippen LogP contribution in [0.25, 0.3) is 0 Å². The molecule has 0 radical (unpaired) electrons. The van der Waals surface area contributed by atoms with Gasteiger partial charge in [0, 0.05) is 25.7 Å². The third kappa shape index (κ3) is 76.3. The number of aliphatic hydroxyl groups is 1. The van der Waals surface area contributed by atoms with Gasteiger partial charge in [-0.15, -0.1) is 0 Å². The normalized spacial score (nSPS) is 13.8. The largest absolute Gasteiger partial charge is 0.472 e. The van der Waals surface area contributed by atoms with Crippen LogP contribution in [0.1, 0.15) is 451 Å². The van der Waals surface area contributed by atoms with Crippen LogP contribution in [-0.2, 0) is 65.4 Å². The predicted octanol–water partition coefficient (Wildman–Crippen LogP) is 25.4. The Morgan fingerprint density at radius 2 is 0.392 bits per heavy atom. The smallest absolute Gasteiger partial charge is 0.462 e. The highest BCUT2D eigenvalue weighted by Gasteiger charge is 2.30. The van der Waals surface area contributed by atoms with E-state index in [1.807, 2.05) is 0 Å². The molecular weight excluding hydrogens is 1330 g/mol. The highest BCUT2D eigenvalue weighted by molar-refractivity contribution is 7.47. The molecule has 19 heteroatoms. The zero-order valence-electron chi connectivity index (χ0n) is 66.6. The molecule has 17 nitrogen and oxygen atoms in total. The molecule has 0 aromatic heterocycles. The van der Waals surface area contributed by atoms with E-state index in [9.17, 15) is 43.2 Å². The first-order valence-corrected chi connectivity index (χ1v) is 46.3. The highest BCUT2D eigenvalue weighted by atomic mass is 31.2. The van der Waals surface area contributed by atoms with Crippen molar-refractivity contribution in [2.45, 2.75) is 470 Å². The summed E-state index contributed by atoms with van der Waals surface area (Å²) in [4.78, 5) is 73.0. The average molecular weight is 1490 g/mol. The third-order valence-corrected chi connectivity index (χ3v) is 21.5. The highest BCUT2D eigenvalue weighted by Crippen LogP contribution is 2.45. The maximum Gasteiger partial charge on any atom is 0.472 e. The van der Waals surface area contributed by atoms with E-state index in [0.29, 0.717) is 25.7 Å². The van der Waals surface area contributed by atoms with Gasteiger partial charge in [0.1, 0.15) is 19.3 Å². The van der Waals surface area contributed by atoms with Crippen molar-refractivity contribution in [1.29, 1.82) is 0 Å². The Morgan fingerprint density at radius 3 is 0.578 bits per heavy atom. The summed E-state index contributed by atoms with van der Waals surface area (Å²) in [5.41, 5.74) is 0. The molecule has 3 N–H and O–H groups in total. The second kappa shape index (κ2) is 77.2. The van der Waals surface area contributed by atoms with Gasteiger partial charge in [0.15, 0.2) is 12.2 Å². The molecule has 0 aromatic rings. The standard InChI is InChI=1S/C83H162O17P2/c1-5-9-13-17-21-25-29-31-33-35-37-39-41-43-45-47-49-53-56-60-64-68-81(86)94-74-79(100-83(88)70-66-62-58-54-50-48-46-44-42-40-38-36-34-32-30-26-22-18-14-10-6-2)76-98-102(91,92)96-72-77(84)71-95-101(89,90)97-75-78(99-82(87)69-65-61-57-52-28-24-20-16-12-8-4)73-93-80(85)67-63-59-55-51-27-23-19-15-11-7-3/h77-79,84H,5-76H2,1-4H3,(H,89,90)(H,91,92)/t77-,78+,79+/m0/s1. The Hall–Kier alpha value is -1.94. The van der Waals surface area contributed by atoms with Crippen LogP contribution in [0.5, 0.6) is 0 Å². The summed E-state index contributed by atoms with van der Waals surface area (Å²) in [5.74, 6) is -2.11. The monoisotopic (exact) mass is 1490 g/mol. The number of ether oxygens (including phenoxy) is 4. The lowest BCUT2D eigenvalue weighted by Crippen LogP contribution is -2.30. The van der Waals surface area contributed by atoms with Crippen molar-refractivity contribution in [3.8, 4) is 0 Å². The fraction of sp³-hybridized carbons (Fsp3) is 0.952. The number of rotatable bonds is 84. The molecule has 102 heavy (non-hydrogen) atoms. The number of carbonyl (C=O) groups excluding carboxylic acids is 4. The first kappa shape index (κ1) is 100. The molecule has 0 saturated carbocycles. The van der Waals surface area contributed by atoms with Crippen molar-refractivity contribution < 1.29 is 80.2 Å². The Labute approximate surface area is 626 Å². The van der Waals surface area contributed by atoms with E-state index in [0.717, 1.165) is 89.9 Å². The van der Waals surface area contributed by atoms with Gasteiger partial charge in [-0.2, -0.15) is 0 Å². The Balaban J connectivity index is 5.16. The third-order valence-electron chi connectivity index (χ3n) is 19.6. The van der Waals surface area contributed by atoms with Crippen LogP contribution in [0.15, 0.2) is 0 Å². The lowest BCUT2D eigenvalue weighted by Gasteiger charge is -2.21. The number of hydrogen-bond donors (Lipinski definition) is 3. The second-order valence-electron chi connectivity index (χ2n) is 29.9. The van der Waals surface area contributed by atoms with Gasteiger partial charge in [0.25, 0.3) is 0 Å². The van der Waals surface area contributed by atoms with Crippen LogP contribution in [0.3, 0.4) is 0 Å². The topological polar surface area (TPSA) is 237 Å². The zero-order chi connectivity index (χ0) is 74.6. The number of phosphoric acid groups is 2. The van der Waals surface area contributed by atoms with Gasteiger partial charge >= 0.3 is 39.5 Å². The SMILES string of the molecule is CCCCCCCCCCCCCCCCCCCCCCCC(=O)OC[C@H](COP(=O)(O)OC[C@@H](O)COP(=O)(O)OC[C@@H](COC(=O)CCCCCCCCCCCC)OC(=O)CCCCCCCCCCCC)OC(=O)CCCCCCCCCCCCCCCCCCCCCCC. The van der Waals surface area contributed by atoms with Crippen LogP contribution < -0.4 is 0 Å². The molecule has 0 aromatic carbocycles. The number of phosphoric ester groups is 2. The summed E-state index contributed by atoms with van der Waals surface area (Å²) in [7, 11) is -9.91. The van der Waals surface area contributed by atoms with Crippen LogP contribution in [0, 0.1) is 0 Å². The molecular formula is C83H162O17P2. The zero-order valence-corrected chi connectivity index (χ0v) is 68.4. The Bertz CT molecular complexity index is 1930. The molecule has 0 rings (SSSR count). The summed E-state index contributed by atoms with van der Waals surface area (Å²) >= 11 is 0. The molecule has 0 spiro atoms. The quantitative estimate of drug-likeness (QED) is 0.0222. The maximum absolute atomic E-state index is 13.1. The van der Waals surface area contributed by atoms with Crippen molar-refractivity contribution in [3.05, 3.63) is 0 Å². The average Bonchev–Trinajstić information content (AvgIpc) is 0.924. The number of aliphatic hydroxyl groups excluding tert-OH is 1. The van der Waals surface area contributed by atoms with E-state index in [-0.39, 0.29) is 25.7 Å². The minimum atomic E-state index is -4.96. The molecule has 0 aliphatic rings. The lowest BCUT2D eigenvalue weighted by atomic mass is 10.0. The molecule has 606 valence electrons. The van der Waals surface area contributed by atoms with E-state index in [2.05, 4.69) is 27.7 Å². The first-order valence-electron chi connectivity index (χ1n) is 43.3. The summed E-state index contributed by atoms with van der Waals surface area (Å²) < 4.78 is 68.7. The molecule has 0 saturated heterocycles. The molecule has 0 heterocycles. The molecule has 5 atom stereocenters. The van der Waals surface area contributed by atoms with Gasteiger partial charge in [-0.3, -0.25) is 37.3 Å². The molecule has 2 unspecified atom stereocenters. The van der Waals surface area contributed by atoms with E-state index in [1.54, 1.807) is 0 Å². The van der Waals surface area contributed by atoms with Crippen LogP contribution in [0.2, 0.25) is 0 Å². The predicted molar refractivity (Wildman–Crippen MR) is 419 cm³/mol. The number of carbonyl (C=O) groups is 4. The Kier molecular flexibility index (Phi) is 75.8. The van der Waals surface area contributed by atoms with Gasteiger partial charge in [-0.05, 0) is 25.7 Å². The van der Waals surface area contributed by atoms with Crippen LogP contribution >= 0.6 is 15.6 Å². The Morgan fingerprint density at radius 1 is 0.235 bits per heavy atom.